The zero-order valence-electron chi connectivity index (χ0n) is 12.1. The Kier molecular flexibility index (Phi) is 3.34. The van der Waals surface area contributed by atoms with Crippen LogP contribution in [0.4, 0.5) is 5.69 Å². The molecule has 0 bridgehead atoms. The molecular weight excluding hydrogens is 262 g/mol. The largest absolute Gasteiger partial charge is 0.497 e. The highest BCUT2D eigenvalue weighted by molar-refractivity contribution is 5.98. The van der Waals surface area contributed by atoms with E-state index in [9.17, 15) is 4.79 Å². The van der Waals surface area contributed by atoms with E-state index < -0.39 is 5.54 Å². The highest BCUT2D eigenvalue weighted by Crippen LogP contribution is 2.42. The van der Waals surface area contributed by atoms with Crippen molar-refractivity contribution in [3.63, 3.8) is 0 Å². The van der Waals surface area contributed by atoms with Crippen molar-refractivity contribution in [2.45, 2.75) is 18.4 Å². The summed E-state index contributed by atoms with van der Waals surface area (Å²) in [6.45, 7) is 4.36. The molecule has 1 heterocycles. The van der Waals surface area contributed by atoms with Crippen molar-refractivity contribution in [2.24, 2.45) is 0 Å². The van der Waals surface area contributed by atoms with Gasteiger partial charge in [0, 0.05) is 24.1 Å². The van der Waals surface area contributed by atoms with Gasteiger partial charge in [-0.25, -0.2) is 0 Å². The molecule has 1 saturated heterocycles. The molecule has 1 aliphatic rings. The quantitative estimate of drug-likeness (QED) is 0.805. The molecular formula is C18H18NO2+. The molecule has 1 unspecified atom stereocenters. The molecule has 0 aromatic heterocycles. The predicted octanol–water partition coefficient (Wildman–Crippen LogP) is 3.55. The van der Waals surface area contributed by atoms with Crippen LogP contribution < -0.4 is 9.64 Å². The summed E-state index contributed by atoms with van der Waals surface area (Å²) in [5, 5.41) is 0. The molecule has 1 amide bonds. The Morgan fingerprint density at radius 2 is 1.76 bits per heavy atom. The van der Waals surface area contributed by atoms with Gasteiger partial charge in [-0.1, -0.05) is 30.3 Å². The minimum Gasteiger partial charge on any atom is -0.497 e. The fourth-order valence-corrected chi connectivity index (χ4v) is 2.92. The first-order chi connectivity index (χ1) is 10.1. The Labute approximate surface area is 125 Å². The maximum absolute atomic E-state index is 12.4. The SMILES string of the molecule is [CH2+]C1(c2ccccc2)CCC(=O)N1c1ccc(OC)cc1. The lowest BCUT2D eigenvalue weighted by molar-refractivity contribution is -0.117. The van der Waals surface area contributed by atoms with Crippen molar-refractivity contribution in [3.8, 4) is 5.75 Å². The lowest BCUT2D eigenvalue weighted by Crippen LogP contribution is -2.41. The fraction of sp³-hybridized carbons (Fsp3) is 0.222. The van der Waals surface area contributed by atoms with Crippen LogP contribution in [0.2, 0.25) is 0 Å². The van der Waals surface area contributed by atoms with Crippen LogP contribution >= 0.6 is 0 Å². The Morgan fingerprint density at radius 3 is 2.38 bits per heavy atom. The molecule has 1 atom stereocenters. The molecule has 1 fully saturated rings. The first-order valence-corrected chi connectivity index (χ1v) is 7.03. The molecule has 0 saturated carbocycles. The minimum atomic E-state index is -0.535. The molecule has 2 aromatic rings. The molecule has 0 aliphatic carbocycles. The Bertz CT molecular complexity index is 636. The third kappa shape index (κ3) is 2.25. The smallest absolute Gasteiger partial charge is 0.231 e. The predicted molar refractivity (Wildman–Crippen MR) is 83.2 cm³/mol. The molecule has 3 rings (SSSR count). The number of carbonyl (C=O) groups is 1. The van der Waals surface area contributed by atoms with E-state index >= 15 is 0 Å². The molecule has 3 nitrogen and oxygen atoms in total. The lowest BCUT2D eigenvalue weighted by Gasteiger charge is -2.29. The van der Waals surface area contributed by atoms with Crippen LogP contribution in [0.3, 0.4) is 0 Å². The van der Waals surface area contributed by atoms with Crippen molar-refractivity contribution < 1.29 is 9.53 Å². The van der Waals surface area contributed by atoms with Crippen LogP contribution in [0.1, 0.15) is 18.4 Å². The second kappa shape index (κ2) is 5.17. The standard InChI is InChI=1S/C18H18NO2/c1-18(14-6-4-3-5-7-14)13-12-17(20)19(18)15-8-10-16(21-2)11-9-15/h3-11H,1,12-13H2,2H3/q+1. The molecule has 3 heteroatoms. The summed E-state index contributed by atoms with van der Waals surface area (Å²) in [7, 11) is 1.63. The van der Waals surface area contributed by atoms with Crippen LogP contribution in [-0.2, 0) is 10.3 Å². The molecule has 1 aliphatic heterocycles. The number of carbonyl (C=O) groups excluding carboxylic acids is 1. The molecule has 0 radical (unpaired) electrons. The first kappa shape index (κ1) is 13.6. The van der Waals surface area contributed by atoms with Crippen LogP contribution in [0.15, 0.2) is 54.6 Å². The lowest BCUT2D eigenvalue weighted by atomic mass is 9.89. The summed E-state index contributed by atoms with van der Waals surface area (Å²) in [5.74, 6) is 0.888. The van der Waals surface area contributed by atoms with Gasteiger partial charge in [0.05, 0.1) is 14.0 Å². The summed E-state index contributed by atoms with van der Waals surface area (Å²) in [6, 6.07) is 17.6. The van der Waals surface area contributed by atoms with E-state index in [1.165, 1.54) is 0 Å². The molecule has 0 N–H and O–H groups in total. The summed E-state index contributed by atoms with van der Waals surface area (Å²) in [6.07, 6.45) is 1.24. The summed E-state index contributed by atoms with van der Waals surface area (Å²) in [5.41, 5.74) is 1.39. The van der Waals surface area contributed by atoms with Crippen molar-refractivity contribution in [2.75, 3.05) is 12.0 Å². The second-order valence-corrected chi connectivity index (χ2v) is 5.32. The average Bonchev–Trinajstić information content (AvgIpc) is 2.85. The van der Waals surface area contributed by atoms with Gasteiger partial charge in [0.1, 0.15) is 5.75 Å². The number of benzene rings is 2. The maximum Gasteiger partial charge on any atom is 0.231 e. The van der Waals surface area contributed by atoms with Crippen molar-refractivity contribution in [1.29, 1.82) is 0 Å². The maximum atomic E-state index is 12.4. The highest BCUT2D eigenvalue weighted by Gasteiger charge is 2.49. The van der Waals surface area contributed by atoms with Crippen molar-refractivity contribution >= 4 is 11.6 Å². The summed E-state index contributed by atoms with van der Waals surface area (Å²) >= 11 is 0. The number of amides is 1. The number of anilines is 1. The topological polar surface area (TPSA) is 29.5 Å². The zero-order chi connectivity index (χ0) is 14.9. The van der Waals surface area contributed by atoms with Gasteiger partial charge in [0.25, 0.3) is 0 Å². The van der Waals surface area contributed by atoms with E-state index in [2.05, 4.69) is 6.92 Å². The van der Waals surface area contributed by atoms with E-state index in [1.54, 1.807) is 7.11 Å². The minimum absolute atomic E-state index is 0.110. The zero-order valence-corrected chi connectivity index (χ0v) is 12.1. The Balaban J connectivity index is 2.03. The van der Waals surface area contributed by atoms with E-state index in [0.29, 0.717) is 6.42 Å². The number of methoxy groups -OCH3 is 1. The Morgan fingerprint density at radius 1 is 1.10 bits per heavy atom. The summed E-state index contributed by atoms with van der Waals surface area (Å²) in [4.78, 5) is 14.2. The van der Waals surface area contributed by atoms with Gasteiger partial charge >= 0.3 is 0 Å². The molecule has 106 valence electrons. The van der Waals surface area contributed by atoms with Gasteiger partial charge in [0.15, 0.2) is 0 Å². The van der Waals surface area contributed by atoms with Crippen LogP contribution in [0.5, 0.6) is 5.75 Å². The highest BCUT2D eigenvalue weighted by atomic mass is 16.5. The normalized spacial score (nSPS) is 21.6. The third-order valence-electron chi connectivity index (χ3n) is 4.07. The molecule has 2 aromatic carbocycles. The van der Waals surface area contributed by atoms with Crippen molar-refractivity contribution in [1.82, 2.24) is 0 Å². The van der Waals surface area contributed by atoms with Gasteiger partial charge in [0.2, 0.25) is 11.4 Å². The number of hydrogen-bond donors (Lipinski definition) is 0. The van der Waals surface area contributed by atoms with Gasteiger partial charge in [-0.05, 0) is 24.3 Å². The number of hydrogen-bond acceptors (Lipinski definition) is 2. The molecule has 0 spiro atoms. The van der Waals surface area contributed by atoms with Gasteiger partial charge < -0.3 is 4.74 Å². The number of rotatable bonds is 3. The first-order valence-electron chi connectivity index (χ1n) is 7.03. The van der Waals surface area contributed by atoms with Crippen LogP contribution in [0, 0.1) is 6.92 Å². The van der Waals surface area contributed by atoms with Crippen LogP contribution in [0.25, 0.3) is 0 Å². The van der Waals surface area contributed by atoms with Crippen LogP contribution in [-0.4, -0.2) is 13.0 Å². The monoisotopic (exact) mass is 280 g/mol. The number of ether oxygens (including phenoxy) is 1. The fourth-order valence-electron chi connectivity index (χ4n) is 2.92. The van der Waals surface area contributed by atoms with E-state index in [-0.39, 0.29) is 5.91 Å². The van der Waals surface area contributed by atoms with E-state index in [1.807, 2.05) is 59.5 Å². The van der Waals surface area contributed by atoms with Gasteiger partial charge in [-0.15, -0.1) is 0 Å². The number of nitrogens with zero attached hydrogens (tertiary/aromatic N) is 1. The average molecular weight is 280 g/mol. The molecule has 21 heavy (non-hydrogen) atoms. The third-order valence-corrected chi connectivity index (χ3v) is 4.07. The van der Waals surface area contributed by atoms with E-state index in [0.717, 1.165) is 23.4 Å². The van der Waals surface area contributed by atoms with Crippen molar-refractivity contribution in [3.05, 3.63) is 67.1 Å². The second-order valence-electron chi connectivity index (χ2n) is 5.32. The van der Waals surface area contributed by atoms with Gasteiger partial charge in [-0.2, -0.15) is 0 Å². The Hall–Kier alpha value is -2.42. The summed E-state index contributed by atoms with van der Waals surface area (Å²) < 4.78 is 5.18. The van der Waals surface area contributed by atoms with Gasteiger partial charge in [-0.3, -0.25) is 9.69 Å². The van der Waals surface area contributed by atoms with E-state index in [4.69, 9.17) is 4.74 Å².